The summed E-state index contributed by atoms with van der Waals surface area (Å²) in [6.07, 6.45) is 3.42. The van der Waals surface area contributed by atoms with E-state index in [0.29, 0.717) is 17.7 Å². The molecule has 0 saturated heterocycles. The zero-order valence-electron chi connectivity index (χ0n) is 10.8. The third-order valence-corrected chi connectivity index (χ3v) is 3.14. The van der Waals surface area contributed by atoms with Crippen LogP contribution in [0.25, 0.3) is 0 Å². The average molecular weight is 328 g/mol. The Kier molecular flexibility index (Phi) is 6.35. The number of nitrogens with zero attached hydrogens (tertiary/aromatic N) is 1. The van der Waals surface area contributed by atoms with Crippen molar-refractivity contribution < 1.29 is 10.0 Å². The molecule has 0 saturated carbocycles. The van der Waals surface area contributed by atoms with E-state index in [4.69, 9.17) is 10.9 Å². The highest BCUT2D eigenvalue weighted by Crippen LogP contribution is 2.21. The lowest BCUT2D eigenvalue weighted by Gasteiger charge is -2.10. The molecule has 0 aliphatic carbocycles. The molecule has 0 aliphatic rings. The van der Waals surface area contributed by atoms with Gasteiger partial charge in [0.1, 0.15) is 0 Å². The molecule has 0 radical (unpaired) electrons. The number of oxime groups is 1. The van der Waals surface area contributed by atoms with Crippen LogP contribution in [-0.4, -0.2) is 17.0 Å². The predicted octanol–water partition coefficient (Wildman–Crippen LogP) is 3.06. The van der Waals surface area contributed by atoms with Gasteiger partial charge in [0.25, 0.3) is 0 Å². The highest BCUT2D eigenvalue weighted by Gasteiger charge is 2.10. The molecule has 4 N–H and O–H groups in total. The van der Waals surface area contributed by atoms with Gasteiger partial charge in [-0.25, -0.2) is 0 Å². The van der Waals surface area contributed by atoms with Crippen LogP contribution in [0.5, 0.6) is 0 Å². The van der Waals surface area contributed by atoms with Gasteiger partial charge in [0.2, 0.25) is 5.91 Å². The second-order valence-corrected chi connectivity index (χ2v) is 5.10. The number of halogens is 1. The molecule has 1 aromatic carbocycles. The van der Waals surface area contributed by atoms with Crippen molar-refractivity contribution >= 4 is 33.4 Å². The molecule has 1 rings (SSSR count). The Morgan fingerprint density at radius 2 is 2.21 bits per heavy atom. The Hall–Kier alpha value is -1.56. The lowest BCUT2D eigenvalue weighted by Crippen LogP contribution is -2.19. The van der Waals surface area contributed by atoms with Crippen LogP contribution in [-0.2, 0) is 4.79 Å². The van der Waals surface area contributed by atoms with Gasteiger partial charge in [-0.3, -0.25) is 4.79 Å². The van der Waals surface area contributed by atoms with Crippen LogP contribution in [0.15, 0.2) is 27.8 Å². The lowest BCUT2D eigenvalue weighted by atomic mass is 10.1. The molecule has 0 aliphatic heterocycles. The summed E-state index contributed by atoms with van der Waals surface area (Å²) >= 11 is 3.33. The van der Waals surface area contributed by atoms with Crippen molar-refractivity contribution in [3.8, 4) is 0 Å². The van der Waals surface area contributed by atoms with Gasteiger partial charge in [-0.15, -0.1) is 0 Å². The van der Waals surface area contributed by atoms with E-state index in [1.165, 1.54) is 0 Å². The molecule has 6 heteroatoms. The van der Waals surface area contributed by atoms with E-state index in [2.05, 4.69) is 33.3 Å². The third-order valence-electron chi connectivity index (χ3n) is 2.65. The third kappa shape index (κ3) is 4.90. The Labute approximate surface area is 121 Å². The first-order chi connectivity index (χ1) is 9.08. The van der Waals surface area contributed by atoms with Crippen molar-refractivity contribution in [3.63, 3.8) is 0 Å². The number of anilines is 1. The van der Waals surface area contributed by atoms with E-state index in [1.807, 2.05) is 0 Å². The minimum Gasteiger partial charge on any atom is -0.409 e. The van der Waals surface area contributed by atoms with Crippen molar-refractivity contribution in [2.75, 3.05) is 5.32 Å². The number of rotatable bonds is 6. The molecule has 0 fully saturated rings. The minimum absolute atomic E-state index is 0.0311. The molecule has 0 unspecified atom stereocenters. The van der Waals surface area contributed by atoms with E-state index in [0.717, 1.165) is 23.7 Å². The van der Waals surface area contributed by atoms with Crippen molar-refractivity contribution in [2.24, 2.45) is 10.9 Å². The van der Waals surface area contributed by atoms with Crippen LogP contribution in [0.4, 0.5) is 5.69 Å². The number of hydrogen-bond donors (Lipinski definition) is 3. The first-order valence-electron chi connectivity index (χ1n) is 6.15. The Bertz CT molecular complexity index is 475. The molecule has 1 amide bonds. The molecule has 1 aromatic rings. The molecule has 0 bridgehead atoms. The molecule has 0 atom stereocenters. The summed E-state index contributed by atoms with van der Waals surface area (Å²) in [5.41, 5.74) is 6.60. The Morgan fingerprint density at radius 3 is 2.84 bits per heavy atom. The van der Waals surface area contributed by atoms with Gasteiger partial charge in [-0.1, -0.05) is 40.9 Å². The summed E-state index contributed by atoms with van der Waals surface area (Å²) < 4.78 is 0.811. The van der Waals surface area contributed by atoms with Crippen LogP contribution in [0.1, 0.15) is 38.2 Å². The summed E-state index contributed by atoms with van der Waals surface area (Å²) in [7, 11) is 0. The van der Waals surface area contributed by atoms with Gasteiger partial charge in [0, 0.05) is 16.5 Å². The lowest BCUT2D eigenvalue weighted by molar-refractivity contribution is -0.116. The number of benzene rings is 1. The van der Waals surface area contributed by atoms with Gasteiger partial charge in [-0.05, 0) is 24.6 Å². The minimum atomic E-state index is -0.0708. The molecule has 0 aromatic heterocycles. The van der Waals surface area contributed by atoms with E-state index < -0.39 is 0 Å². The maximum absolute atomic E-state index is 11.8. The largest absolute Gasteiger partial charge is 0.409 e. The van der Waals surface area contributed by atoms with Crippen LogP contribution in [0.2, 0.25) is 0 Å². The van der Waals surface area contributed by atoms with E-state index in [9.17, 15) is 4.79 Å². The number of unbranched alkanes of at least 4 members (excludes halogenated alkanes) is 2. The smallest absolute Gasteiger partial charge is 0.224 e. The number of hydrogen-bond acceptors (Lipinski definition) is 3. The van der Waals surface area contributed by atoms with E-state index in [-0.39, 0.29) is 11.7 Å². The van der Waals surface area contributed by atoms with Crippen LogP contribution >= 0.6 is 15.9 Å². The van der Waals surface area contributed by atoms with E-state index >= 15 is 0 Å². The zero-order chi connectivity index (χ0) is 14.3. The molecule has 0 heterocycles. The maximum Gasteiger partial charge on any atom is 0.224 e. The summed E-state index contributed by atoms with van der Waals surface area (Å²) in [5.74, 6) is -0.102. The van der Waals surface area contributed by atoms with Gasteiger partial charge in [0.05, 0.1) is 5.69 Å². The Morgan fingerprint density at radius 1 is 1.47 bits per heavy atom. The fourth-order valence-electron chi connectivity index (χ4n) is 1.65. The highest BCUT2D eigenvalue weighted by molar-refractivity contribution is 9.10. The fraction of sp³-hybridized carbons (Fsp3) is 0.385. The number of carbonyl (C=O) groups excluding carboxylic acids is 1. The maximum atomic E-state index is 11.8. The number of nitrogens with two attached hydrogens (primary N) is 1. The fourth-order valence-corrected chi connectivity index (χ4v) is 2.01. The molecular formula is C13H18BrN3O2. The number of carbonyl (C=O) groups is 1. The predicted molar refractivity (Wildman–Crippen MR) is 79.4 cm³/mol. The molecular weight excluding hydrogens is 310 g/mol. The number of nitrogens with one attached hydrogen (secondary N) is 1. The van der Waals surface area contributed by atoms with Gasteiger partial charge in [-0.2, -0.15) is 0 Å². The van der Waals surface area contributed by atoms with Crippen molar-refractivity contribution in [3.05, 3.63) is 28.2 Å². The van der Waals surface area contributed by atoms with Crippen LogP contribution in [0.3, 0.4) is 0 Å². The van der Waals surface area contributed by atoms with Crippen molar-refractivity contribution in [1.82, 2.24) is 0 Å². The van der Waals surface area contributed by atoms with Crippen molar-refractivity contribution in [1.29, 1.82) is 0 Å². The highest BCUT2D eigenvalue weighted by atomic mass is 79.9. The summed E-state index contributed by atoms with van der Waals surface area (Å²) in [6.45, 7) is 2.09. The summed E-state index contributed by atoms with van der Waals surface area (Å²) in [6, 6.07) is 5.17. The average Bonchev–Trinajstić information content (AvgIpc) is 2.38. The topological polar surface area (TPSA) is 87.7 Å². The SMILES string of the molecule is CCCCCC(=O)Nc1cc(Br)ccc1/C(N)=N/O. The molecule has 104 valence electrons. The monoisotopic (exact) mass is 327 g/mol. The van der Waals surface area contributed by atoms with E-state index in [1.54, 1.807) is 18.2 Å². The zero-order valence-corrected chi connectivity index (χ0v) is 12.4. The molecule has 5 nitrogen and oxygen atoms in total. The first kappa shape index (κ1) is 15.5. The normalized spacial score (nSPS) is 11.4. The quantitative estimate of drug-likeness (QED) is 0.247. The number of amides is 1. The van der Waals surface area contributed by atoms with Crippen molar-refractivity contribution in [2.45, 2.75) is 32.6 Å². The van der Waals surface area contributed by atoms with Gasteiger partial charge < -0.3 is 16.3 Å². The van der Waals surface area contributed by atoms with Gasteiger partial charge >= 0.3 is 0 Å². The Balaban J connectivity index is 2.81. The molecule has 0 spiro atoms. The second kappa shape index (κ2) is 7.78. The van der Waals surface area contributed by atoms with Crippen LogP contribution < -0.4 is 11.1 Å². The molecule has 19 heavy (non-hydrogen) atoms. The second-order valence-electron chi connectivity index (χ2n) is 4.18. The summed E-state index contributed by atoms with van der Waals surface area (Å²) in [5, 5.41) is 14.5. The van der Waals surface area contributed by atoms with Gasteiger partial charge in [0.15, 0.2) is 5.84 Å². The number of amidine groups is 1. The standard InChI is InChI=1S/C13H18BrN3O2/c1-2-3-4-5-12(18)16-11-8-9(14)6-7-10(11)13(15)17-19/h6-8,19H,2-5H2,1H3,(H2,15,17)(H,16,18). The first-order valence-corrected chi connectivity index (χ1v) is 6.95. The summed E-state index contributed by atoms with van der Waals surface area (Å²) in [4.78, 5) is 11.8. The van der Waals surface area contributed by atoms with Crippen LogP contribution in [0, 0.1) is 0 Å².